The van der Waals surface area contributed by atoms with Gasteiger partial charge in [-0.3, -0.25) is 19.9 Å². The first-order valence-electron chi connectivity index (χ1n) is 18.8. The third kappa shape index (κ3) is 13.5. The van der Waals surface area contributed by atoms with E-state index in [2.05, 4.69) is 68.5 Å². The van der Waals surface area contributed by atoms with Crippen LogP contribution in [-0.4, -0.2) is 53.2 Å². The van der Waals surface area contributed by atoms with E-state index in [4.69, 9.17) is 15.3 Å². The Bertz CT molecular complexity index is 2700. The fraction of sp³-hybridized carbons (Fsp3) is 0.0816. The summed E-state index contributed by atoms with van der Waals surface area (Å²) >= 11 is 0. The Labute approximate surface area is 400 Å². The van der Waals surface area contributed by atoms with Crippen LogP contribution >= 0.6 is 0 Å². The van der Waals surface area contributed by atoms with Crippen LogP contribution in [-0.2, 0) is 0 Å². The van der Waals surface area contributed by atoms with Crippen molar-refractivity contribution in [3.63, 3.8) is 0 Å². The van der Waals surface area contributed by atoms with E-state index in [9.17, 15) is 27.6 Å². The monoisotopic (exact) mass is 989 g/mol. The van der Waals surface area contributed by atoms with Crippen LogP contribution in [0.25, 0.3) is 43.6 Å². The Kier molecular flexibility index (Phi) is 18.0. The minimum Gasteiger partial charge on any atom is -0.478 e. The van der Waals surface area contributed by atoms with Gasteiger partial charge in [-0.1, -0.05) is 84.9 Å². The summed E-state index contributed by atoms with van der Waals surface area (Å²) in [7, 11) is 0. The molecule has 14 heteroatoms. The summed E-state index contributed by atoms with van der Waals surface area (Å²) in [5.41, 5.74) is 7.26. The van der Waals surface area contributed by atoms with Crippen molar-refractivity contribution in [2.45, 2.75) is 27.7 Å². The molecular formula is C49H39EuF3N4O6. The van der Waals surface area contributed by atoms with Crippen LogP contribution in [0.2, 0.25) is 0 Å². The van der Waals surface area contributed by atoms with Crippen LogP contribution in [0.5, 0.6) is 0 Å². The fourth-order valence-electron chi connectivity index (χ4n) is 5.83. The molecule has 1 radical (unpaired) electrons. The van der Waals surface area contributed by atoms with E-state index in [0.717, 1.165) is 84.6 Å². The molecular weight excluding hydrogens is 950 g/mol. The fourth-order valence-corrected chi connectivity index (χ4v) is 5.83. The molecule has 0 aliphatic rings. The molecule has 0 atom stereocenters. The van der Waals surface area contributed by atoms with Crippen molar-refractivity contribution in [3.05, 3.63) is 203 Å². The van der Waals surface area contributed by atoms with Gasteiger partial charge in [-0.2, -0.15) is 0 Å². The first kappa shape index (κ1) is 49.2. The van der Waals surface area contributed by atoms with Gasteiger partial charge in [-0.05, 0) is 88.4 Å². The second-order valence-corrected chi connectivity index (χ2v) is 13.6. The van der Waals surface area contributed by atoms with Crippen LogP contribution in [0.4, 0.5) is 13.2 Å². The maximum atomic E-state index is 12.5. The van der Waals surface area contributed by atoms with Crippen molar-refractivity contribution in [3.8, 4) is 0 Å². The van der Waals surface area contributed by atoms with E-state index >= 15 is 0 Å². The van der Waals surface area contributed by atoms with Crippen LogP contribution in [0.3, 0.4) is 0 Å². The van der Waals surface area contributed by atoms with Crippen molar-refractivity contribution >= 4 is 61.5 Å². The van der Waals surface area contributed by atoms with Gasteiger partial charge >= 0.3 is 17.9 Å². The van der Waals surface area contributed by atoms with Gasteiger partial charge in [-0.15, -0.1) is 0 Å². The number of aromatic nitrogens is 4. The average molecular weight is 989 g/mol. The zero-order chi connectivity index (χ0) is 44.9. The third-order valence-corrected chi connectivity index (χ3v) is 8.91. The molecule has 9 rings (SSSR count). The Morgan fingerprint density at radius 2 is 0.540 bits per heavy atom. The van der Waals surface area contributed by atoms with Crippen LogP contribution in [0, 0.1) is 94.5 Å². The number of pyridine rings is 4. The number of carbonyl (C=O) groups is 3. The second-order valence-electron chi connectivity index (χ2n) is 13.6. The third-order valence-electron chi connectivity index (χ3n) is 8.91. The Balaban J connectivity index is 0.000000176. The van der Waals surface area contributed by atoms with E-state index in [-0.39, 0.29) is 66.1 Å². The first-order valence-corrected chi connectivity index (χ1v) is 18.8. The van der Waals surface area contributed by atoms with Gasteiger partial charge in [0, 0.05) is 93.7 Å². The predicted molar refractivity (Wildman–Crippen MR) is 233 cm³/mol. The molecule has 63 heavy (non-hydrogen) atoms. The molecule has 0 unspecified atom stereocenters. The van der Waals surface area contributed by atoms with E-state index in [1.807, 2.05) is 52.0 Å². The molecule has 0 amide bonds. The maximum Gasteiger partial charge on any atom is 0.338 e. The molecule has 319 valence electrons. The number of rotatable bonds is 3. The quantitative estimate of drug-likeness (QED) is 0.145. The molecule has 0 spiro atoms. The smallest absolute Gasteiger partial charge is 0.338 e. The number of benzene rings is 5. The molecule has 4 aromatic heterocycles. The molecule has 10 nitrogen and oxygen atoms in total. The second kappa shape index (κ2) is 23.1. The van der Waals surface area contributed by atoms with Crippen LogP contribution < -0.4 is 0 Å². The molecule has 0 aliphatic heterocycles. The number of nitrogens with zero attached hydrogens (tertiary/aromatic N) is 4. The first-order chi connectivity index (χ1) is 29.6. The minimum absolute atomic E-state index is 0. The number of carboxylic acids is 3. The molecule has 3 N–H and O–H groups in total. The van der Waals surface area contributed by atoms with Gasteiger partial charge in [0.05, 0.1) is 38.8 Å². The summed E-state index contributed by atoms with van der Waals surface area (Å²) in [4.78, 5) is 48.9. The molecule has 0 fully saturated rings. The number of fused-ring (bicyclic) bond motifs is 6. The Morgan fingerprint density at radius 1 is 0.349 bits per heavy atom. The van der Waals surface area contributed by atoms with E-state index in [0.29, 0.717) is 0 Å². The normalized spacial score (nSPS) is 10.1. The van der Waals surface area contributed by atoms with Crippen LogP contribution in [0.15, 0.2) is 146 Å². The molecule has 0 saturated heterocycles. The Hall–Kier alpha value is -6.48. The van der Waals surface area contributed by atoms with Gasteiger partial charge in [0.15, 0.2) is 0 Å². The van der Waals surface area contributed by atoms with Crippen molar-refractivity contribution in [2.24, 2.45) is 0 Å². The van der Waals surface area contributed by atoms with E-state index < -0.39 is 35.4 Å². The van der Waals surface area contributed by atoms with E-state index in [1.165, 1.54) is 54.6 Å². The van der Waals surface area contributed by atoms with Crippen molar-refractivity contribution < 1.29 is 92.3 Å². The summed E-state index contributed by atoms with van der Waals surface area (Å²) in [5, 5.41) is 29.6. The van der Waals surface area contributed by atoms with Gasteiger partial charge in [0.25, 0.3) is 0 Å². The number of carboxylic acid groups (broad SMARTS) is 3. The van der Waals surface area contributed by atoms with Gasteiger partial charge in [-0.25, -0.2) is 27.6 Å². The molecule has 0 aliphatic carbocycles. The zero-order valence-corrected chi connectivity index (χ0v) is 36.6. The summed E-state index contributed by atoms with van der Waals surface area (Å²) in [6.45, 7) is 8.03. The van der Waals surface area contributed by atoms with E-state index in [1.54, 1.807) is 0 Å². The summed E-state index contributed by atoms with van der Waals surface area (Å²) in [6, 6.07) is 40.7. The molecule has 4 heterocycles. The molecule has 5 aromatic carbocycles. The topological polar surface area (TPSA) is 163 Å². The summed E-state index contributed by atoms with van der Waals surface area (Å²) in [6.07, 6.45) is 0. The van der Waals surface area contributed by atoms with Gasteiger partial charge in [0.1, 0.15) is 17.5 Å². The number of aryl methyl sites for hydroxylation is 4. The summed E-state index contributed by atoms with van der Waals surface area (Å²) < 4.78 is 37.4. The average Bonchev–Trinajstić information content (AvgIpc) is 3.25. The van der Waals surface area contributed by atoms with Gasteiger partial charge < -0.3 is 15.3 Å². The van der Waals surface area contributed by atoms with Crippen molar-refractivity contribution in [1.82, 2.24) is 19.9 Å². The number of hydrogen-bond donors (Lipinski definition) is 3. The number of halogens is 3. The number of hydrogen-bond acceptors (Lipinski definition) is 7. The van der Waals surface area contributed by atoms with Crippen molar-refractivity contribution in [1.29, 1.82) is 0 Å². The standard InChI is InChI=1S/2C14H12N2.3C7H5FO2.Eu/c2*1-9-3-5-11-7-8-12-6-4-10(2)16-14(12)13(11)15-9;3*8-6-4-2-1-3-5(6)7(9)10;/h2*3-8H,1-2H3;3*1-4H,(H,9,10);. The predicted octanol–water partition coefficient (Wildman–Crippen LogP) is 11.4. The maximum absolute atomic E-state index is 12.5. The SMILES string of the molecule is Cc1ccc2ccc3ccc(C)nc3c2n1.Cc1ccc2ccc3ccc(C)nc3c2n1.O=C(O)c1ccccc1F.O=C(O)c1ccccc1F.O=C(O)c1ccccc1F.[Eu]. The molecule has 9 aromatic rings. The molecule has 0 saturated carbocycles. The van der Waals surface area contributed by atoms with Gasteiger partial charge in [0.2, 0.25) is 0 Å². The Morgan fingerprint density at radius 3 is 0.714 bits per heavy atom. The minimum atomic E-state index is -1.24. The summed E-state index contributed by atoms with van der Waals surface area (Å²) in [5.74, 6) is -5.81. The van der Waals surface area contributed by atoms with Crippen LogP contribution in [0.1, 0.15) is 53.8 Å². The number of aromatic carboxylic acids is 3. The largest absolute Gasteiger partial charge is 0.478 e. The zero-order valence-electron chi connectivity index (χ0n) is 34.2. The molecule has 0 bridgehead atoms. The van der Waals surface area contributed by atoms with Crippen molar-refractivity contribution in [2.75, 3.05) is 0 Å².